The summed E-state index contributed by atoms with van der Waals surface area (Å²) in [6.45, 7) is 7.83. The van der Waals surface area contributed by atoms with Crippen LogP contribution in [0.5, 0.6) is 11.5 Å². The molecule has 0 saturated carbocycles. The average molecular weight is 406 g/mol. The van der Waals surface area contributed by atoms with Crippen LogP contribution in [0.2, 0.25) is 0 Å². The van der Waals surface area contributed by atoms with E-state index in [-0.39, 0.29) is 23.9 Å². The molecule has 3 rings (SSSR count). The van der Waals surface area contributed by atoms with E-state index in [9.17, 15) is 14.9 Å². The van der Waals surface area contributed by atoms with Crippen molar-refractivity contribution in [1.82, 2.24) is 0 Å². The van der Waals surface area contributed by atoms with Gasteiger partial charge in [-0.15, -0.1) is 0 Å². The van der Waals surface area contributed by atoms with Crippen molar-refractivity contribution in [2.75, 3.05) is 13.2 Å². The first-order valence-electron chi connectivity index (χ1n) is 8.90. The van der Waals surface area contributed by atoms with E-state index in [1.54, 1.807) is 36.4 Å². The van der Waals surface area contributed by atoms with Crippen LogP contribution in [0, 0.1) is 10.1 Å². The van der Waals surface area contributed by atoms with E-state index >= 15 is 0 Å². The number of hydrogen-bond donors (Lipinski definition) is 0. The largest absolute Gasteiger partial charge is 0.486 e. The Bertz CT molecular complexity index is 1070. The van der Waals surface area contributed by atoms with Crippen LogP contribution in [0.3, 0.4) is 0 Å². The van der Waals surface area contributed by atoms with E-state index in [1.807, 2.05) is 0 Å². The molecule has 1 aliphatic rings. The van der Waals surface area contributed by atoms with Crippen LogP contribution in [0.4, 0.5) is 5.69 Å². The fraction of sp³-hybridized carbons (Fsp3) is 0.0909. The second-order valence-electron chi connectivity index (χ2n) is 6.05. The molecule has 1 aliphatic heterocycles. The highest BCUT2D eigenvalue weighted by Gasteiger charge is 2.25. The normalized spacial score (nSPS) is 14.1. The first kappa shape index (κ1) is 20.5. The second-order valence-corrected chi connectivity index (χ2v) is 6.05. The standard InChI is InChI=1S/C22H18N2O6/c1-3-10-28-19-9-8-15(13-20(19)29-11-4-2)12-18-22(25)30-21(23-18)16-6-5-7-17(14-16)24(26)27/h3-9,12-14H,1-2,10-11H2. The first-order valence-corrected chi connectivity index (χ1v) is 8.90. The molecule has 8 nitrogen and oxygen atoms in total. The lowest BCUT2D eigenvalue weighted by Gasteiger charge is -2.11. The smallest absolute Gasteiger partial charge is 0.363 e. The van der Waals surface area contributed by atoms with Crippen LogP contribution in [0.15, 0.2) is 78.5 Å². The molecule has 1 heterocycles. The van der Waals surface area contributed by atoms with E-state index in [1.165, 1.54) is 24.3 Å². The highest BCUT2D eigenvalue weighted by atomic mass is 16.6. The molecule has 0 saturated heterocycles. The molecule has 8 heteroatoms. The number of nitro benzene ring substituents is 1. The van der Waals surface area contributed by atoms with Crippen molar-refractivity contribution in [2.45, 2.75) is 0 Å². The average Bonchev–Trinajstić information content (AvgIpc) is 3.11. The molecule has 152 valence electrons. The van der Waals surface area contributed by atoms with E-state index < -0.39 is 10.9 Å². The summed E-state index contributed by atoms with van der Waals surface area (Å²) in [4.78, 5) is 26.8. The summed E-state index contributed by atoms with van der Waals surface area (Å²) in [6.07, 6.45) is 4.75. The zero-order valence-electron chi connectivity index (χ0n) is 15.9. The van der Waals surface area contributed by atoms with Crippen molar-refractivity contribution >= 4 is 23.6 Å². The van der Waals surface area contributed by atoms with Crippen LogP contribution >= 0.6 is 0 Å². The van der Waals surface area contributed by atoms with Gasteiger partial charge in [-0.2, -0.15) is 0 Å². The third kappa shape index (κ3) is 4.79. The van der Waals surface area contributed by atoms with Gasteiger partial charge < -0.3 is 14.2 Å². The summed E-state index contributed by atoms with van der Waals surface area (Å²) in [5.74, 6) is 0.343. The highest BCUT2D eigenvalue weighted by Crippen LogP contribution is 2.30. The molecular weight excluding hydrogens is 388 g/mol. The van der Waals surface area contributed by atoms with Gasteiger partial charge in [0.15, 0.2) is 17.2 Å². The zero-order chi connectivity index (χ0) is 21.5. The fourth-order valence-corrected chi connectivity index (χ4v) is 2.59. The predicted molar refractivity (Wildman–Crippen MR) is 112 cm³/mol. The number of ether oxygens (including phenoxy) is 3. The third-order valence-electron chi connectivity index (χ3n) is 3.91. The monoisotopic (exact) mass is 406 g/mol. The van der Waals surface area contributed by atoms with Gasteiger partial charge in [0, 0.05) is 17.7 Å². The topological polar surface area (TPSA) is 100 Å². The van der Waals surface area contributed by atoms with Gasteiger partial charge in [0.05, 0.1) is 4.92 Å². The molecule has 0 aliphatic carbocycles. The van der Waals surface area contributed by atoms with Crippen molar-refractivity contribution in [1.29, 1.82) is 0 Å². The summed E-state index contributed by atoms with van der Waals surface area (Å²) in [6, 6.07) is 10.9. The summed E-state index contributed by atoms with van der Waals surface area (Å²) in [7, 11) is 0. The molecule has 0 bridgehead atoms. The molecule has 0 amide bonds. The number of esters is 1. The Hall–Kier alpha value is -4.20. The van der Waals surface area contributed by atoms with Crippen LogP contribution in [-0.2, 0) is 9.53 Å². The van der Waals surface area contributed by atoms with Crippen molar-refractivity contribution in [3.63, 3.8) is 0 Å². The van der Waals surface area contributed by atoms with Gasteiger partial charge in [-0.3, -0.25) is 10.1 Å². The van der Waals surface area contributed by atoms with Gasteiger partial charge in [0.25, 0.3) is 5.69 Å². The Morgan fingerprint density at radius 3 is 2.50 bits per heavy atom. The molecular formula is C22H18N2O6. The predicted octanol–water partition coefficient (Wildman–Crippen LogP) is 4.07. The molecule has 0 radical (unpaired) electrons. The number of carbonyl (C=O) groups is 1. The van der Waals surface area contributed by atoms with E-state index in [4.69, 9.17) is 14.2 Å². The van der Waals surface area contributed by atoms with Crippen molar-refractivity contribution < 1.29 is 23.9 Å². The van der Waals surface area contributed by atoms with Crippen LogP contribution in [0.25, 0.3) is 6.08 Å². The van der Waals surface area contributed by atoms with Crippen molar-refractivity contribution in [2.24, 2.45) is 4.99 Å². The molecule has 0 aromatic heterocycles. The molecule has 30 heavy (non-hydrogen) atoms. The van der Waals surface area contributed by atoms with Crippen molar-refractivity contribution in [3.8, 4) is 11.5 Å². The van der Waals surface area contributed by atoms with Crippen molar-refractivity contribution in [3.05, 3.63) is 94.7 Å². The molecule has 2 aromatic carbocycles. The summed E-state index contributed by atoms with van der Waals surface area (Å²) in [5.41, 5.74) is 0.911. The maximum atomic E-state index is 12.2. The Morgan fingerprint density at radius 1 is 1.07 bits per heavy atom. The van der Waals surface area contributed by atoms with Gasteiger partial charge in [0.1, 0.15) is 13.2 Å². The number of carbonyl (C=O) groups excluding carboxylic acids is 1. The van der Waals surface area contributed by atoms with Gasteiger partial charge in [-0.05, 0) is 29.8 Å². The van der Waals surface area contributed by atoms with Crippen LogP contribution in [0.1, 0.15) is 11.1 Å². The lowest BCUT2D eigenvalue weighted by Crippen LogP contribution is -2.05. The molecule has 2 aromatic rings. The maximum absolute atomic E-state index is 12.2. The number of nitrogens with zero attached hydrogens (tertiary/aromatic N) is 2. The van der Waals surface area contributed by atoms with E-state index in [2.05, 4.69) is 18.2 Å². The van der Waals surface area contributed by atoms with Gasteiger partial charge in [-0.25, -0.2) is 9.79 Å². The molecule has 0 N–H and O–H groups in total. The Morgan fingerprint density at radius 2 is 1.80 bits per heavy atom. The van der Waals surface area contributed by atoms with E-state index in [0.29, 0.717) is 29.2 Å². The van der Waals surface area contributed by atoms with Gasteiger partial charge >= 0.3 is 5.97 Å². The van der Waals surface area contributed by atoms with Gasteiger partial charge in [-0.1, -0.05) is 37.4 Å². The van der Waals surface area contributed by atoms with E-state index in [0.717, 1.165) is 0 Å². The number of benzene rings is 2. The second kappa shape index (κ2) is 9.33. The minimum atomic E-state index is -0.656. The SMILES string of the molecule is C=CCOc1ccc(C=C2N=C(c3cccc([N+](=O)[O-])c3)OC2=O)cc1OCC=C. The maximum Gasteiger partial charge on any atom is 0.363 e. The first-order chi connectivity index (χ1) is 14.5. The van der Waals surface area contributed by atoms with Crippen LogP contribution in [-0.4, -0.2) is 30.0 Å². The summed E-state index contributed by atoms with van der Waals surface area (Å²) < 4.78 is 16.4. The molecule has 0 fully saturated rings. The fourth-order valence-electron chi connectivity index (χ4n) is 2.59. The number of aliphatic imine (C=N–C) groups is 1. The Balaban J connectivity index is 1.90. The number of non-ortho nitro benzene ring substituents is 1. The lowest BCUT2D eigenvalue weighted by atomic mass is 10.1. The minimum absolute atomic E-state index is 0.00372. The highest BCUT2D eigenvalue weighted by molar-refractivity contribution is 6.13. The lowest BCUT2D eigenvalue weighted by molar-refractivity contribution is -0.384. The summed E-state index contributed by atoms with van der Waals surface area (Å²) in [5, 5.41) is 11.0. The Kier molecular flexibility index (Phi) is 6.39. The van der Waals surface area contributed by atoms with Gasteiger partial charge in [0.2, 0.25) is 5.90 Å². The zero-order valence-corrected chi connectivity index (χ0v) is 15.9. The number of rotatable bonds is 9. The number of cyclic esters (lactones) is 1. The quantitative estimate of drug-likeness (QED) is 0.205. The molecule has 0 spiro atoms. The van der Waals surface area contributed by atoms with Crippen LogP contribution < -0.4 is 9.47 Å². The summed E-state index contributed by atoms with van der Waals surface area (Å²) >= 11 is 0. The third-order valence-corrected chi connectivity index (χ3v) is 3.91. The Labute approximate surface area is 172 Å². The minimum Gasteiger partial charge on any atom is -0.486 e. The number of nitro groups is 1. The molecule has 0 unspecified atom stereocenters. The number of hydrogen-bond acceptors (Lipinski definition) is 7. The molecule has 0 atom stereocenters.